The maximum absolute atomic E-state index is 13.7. The van der Waals surface area contributed by atoms with Gasteiger partial charge in [-0.2, -0.15) is 0 Å². The summed E-state index contributed by atoms with van der Waals surface area (Å²) in [6.07, 6.45) is 0. The Labute approximate surface area is 148 Å². The van der Waals surface area contributed by atoms with E-state index in [-0.39, 0.29) is 6.54 Å². The van der Waals surface area contributed by atoms with E-state index >= 15 is 0 Å². The first kappa shape index (κ1) is 17.2. The molecule has 0 saturated carbocycles. The molecule has 2 aromatic carbocycles. The Bertz CT molecular complexity index is 917. The molecule has 0 spiro atoms. The molecule has 0 aliphatic heterocycles. The summed E-state index contributed by atoms with van der Waals surface area (Å²) < 4.78 is 27.3. The Kier molecular flexibility index (Phi) is 4.90. The first-order valence-corrected chi connectivity index (χ1v) is 8.53. The second-order valence-electron chi connectivity index (χ2n) is 5.62. The number of aromatic nitrogens is 1. The molecule has 0 unspecified atom stereocenters. The smallest absolute Gasteiger partial charge is 0.257 e. The summed E-state index contributed by atoms with van der Waals surface area (Å²) in [7, 11) is 0. The molecular formula is C19H16F2N2OS. The van der Waals surface area contributed by atoms with Gasteiger partial charge >= 0.3 is 0 Å². The molecule has 0 aliphatic carbocycles. The van der Waals surface area contributed by atoms with Gasteiger partial charge in [0.2, 0.25) is 0 Å². The second-order valence-corrected chi connectivity index (χ2v) is 6.71. The van der Waals surface area contributed by atoms with Crippen LogP contribution in [0, 0.1) is 25.5 Å². The SMILES string of the molecule is Cc1ccccc1-c1nc(C)c(CNC(=O)c2c(F)cccc2F)s1. The van der Waals surface area contributed by atoms with Crippen molar-refractivity contribution in [2.24, 2.45) is 0 Å². The van der Waals surface area contributed by atoms with Crippen LogP contribution in [0.3, 0.4) is 0 Å². The number of nitrogens with one attached hydrogen (secondary N) is 1. The van der Waals surface area contributed by atoms with Crippen LogP contribution >= 0.6 is 11.3 Å². The largest absolute Gasteiger partial charge is 0.347 e. The van der Waals surface area contributed by atoms with Crippen LogP contribution in [0.2, 0.25) is 0 Å². The minimum absolute atomic E-state index is 0.169. The van der Waals surface area contributed by atoms with Gasteiger partial charge in [0, 0.05) is 10.4 Å². The highest BCUT2D eigenvalue weighted by Gasteiger charge is 2.18. The summed E-state index contributed by atoms with van der Waals surface area (Å²) in [4.78, 5) is 17.5. The van der Waals surface area contributed by atoms with Crippen LogP contribution in [0.4, 0.5) is 8.78 Å². The highest BCUT2D eigenvalue weighted by Crippen LogP contribution is 2.30. The van der Waals surface area contributed by atoms with Gasteiger partial charge in [0.15, 0.2) is 0 Å². The van der Waals surface area contributed by atoms with E-state index in [9.17, 15) is 13.6 Å². The van der Waals surface area contributed by atoms with Crippen molar-refractivity contribution in [3.8, 4) is 10.6 Å². The van der Waals surface area contributed by atoms with Gasteiger partial charge in [-0.3, -0.25) is 4.79 Å². The molecular weight excluding hydrogens is 342 g/mol. The van der Waals surface area contributed by atoms with Crippen LogP contribution in [-0.4, -0.2) is 10.9 Å². The van der Waals surface area contributed by atoms with Crippen LogP contribution in [0.25, 0.3) is 10.6 Å². The Morgan fingerprint density at radius 3 is 2.44 bits per heavy atom. The van der Waals surface area contributed by atoms with Crippen molar-refractivity contribution in [1.29, 1.82) is 0 Å². The molecule has 6 heteroatoms. The van der Waals surface area contributed by atoms with Gasteiger partial charge in [-0.25, -0.2) is 13.8 Å². The summed E-state index contributed by atoms with van der Waals surface area (Å²) in [6, 6.07) is 11.3. The lowest BCUT2D eigenvalue weighted by Gasteiger charge is -2.06. The van der Waals surface area contributed by atoms with Crippen molar-refractivity contribution < 1.29 is 13.6 Å². The zero-order valence-electron chi connectivity index (χ0n) is 13.8. The number of hydrogen-bond donors (Lipinski definition) is 1. The van der Waals surface area contributed by atoms with E-state index in [1.54, 1.807) is 0 Å². The second kappa shape index (κ2) is 7.11. The molecule has 25 heavy (non-hydrogen) atoms. The Morgan fingerprint density at radius 2 is 1.76 bits per heavy atom. The van der Waals surface area contributed by atoms with Crippen LogP contribution < -0.4 is 5.32 Å². The van der Waals surface area contributed by atoms with Crippen LogP contribution in [0.5, 0.6) is 0 Å². The lowest BCUT2D eigenvalue weighted by molar-refractivity contribution is 0.0943. The maximum Gasteiger partial charge on any atom is 0.257 e. The maximum atomic E-state index is 13.7. The van der Waals surface area contributed by atoms with Crippen molar-refractivity contribution >= 4 is 17.2 Å². The Hall–Kier alpha value is -2.60. The first-order valence-electron chi connectivity index (χ1n) is 7.72. The minimum Gasteiger partial charge on any atom is -0.347 e. The average molecular weight is 358 g/mol. The third-order valence-corrected chi connectivity index (χ3v) is 5.06. The molecule has 0 aliphatic rings. The van der Waals surface area contributed by atoms with Gasteiger partial charge in [-0.1, -0.05) is 30.3 Å². The fourth-order valence-electron chi connectivity index (χ4n) is 2.48. The van der Waals surface area contributed by atoms with E-state index < -0.39 is 23.1 Å². The fraction of sp³-hybridized carbons (Fsp3) is 0.158. The van der Waals surface area contributed by atoms with Crippen LogP contribution in [-0.2, 0) is 6.54 Å². The molecule has 1 amide bonds. The number of rotatable bonds is 4. The summed E-state index contributed by atoms with van der Waals surface area (Å²) in [5.74, 6) is -2.53. The standard InChI is InChI=1S/C19H16F2N2OS/c1-11-6-3-4-7-13(11)19-23-12(2)16(25-19)10-22-18(24)17-14(20)8-5-9-15(17)21/h3-9H,10H2,1-2H3,(H,22,24). The van der Waals surface area contributed by atoms with Gasteiger partial charge in [0.25, 0.3) is 5.91 Å². The molecule has 0 radical (unpaired) electrons. The number of benzene rings is 2. The predicted molar refractivity (Wildman–Crippen MR) is 94.6 cm³/mol. The fourth-order valence-corrected chi connectivity index (χ4v) is 3.58. The van der Waals surface area contributed by atoms with Crippen molar-refractivity contribution in [2.45, 2.75) is 20.4 Å². The number of hydrogen-bond acceptors (Lipinski definition) is 3. The lowest BCUT2D eigenvalue weighted by Crippen LogP contribution is -2.25. The van der Waals surface area contributed by atoms with Gasteiger partial charge in [0.05, 0.1) is 12.2 Å². The van der Waals surface area contributed by atoms with Gasteiger partial charge < -0.3 is 5.32 Å². The van der Waals surface area contributed by atoms with Gasteiger partial charge in [-0.15, -0.1) is 11.3 Å². The van der Waals surface area contributed by atoms with Crippen LogP contribution in [0.15, 0.2) is 42.5 Å². The Morgan fingerprint density at radius 1 is 1.08 bits per heavy atom. The van der Waals surface area contributed by atoms with Gasteiger partial charge in [-0.05, 0) is 31.5 Å². The van der Waals surface area contributed by atoms with E-state index in [0.717, 1.165) is 38.8 Å². The number of carbonyl (C=O) groups is 1. The number of halogens is 2. The summed E-state index contributed by atoms with van der Waals surface area (Å²) in [6.45, 7) is 4.03. The van der Waals surface area contributed by atoms with Crippen molar-refractivity contribution in [1.82, 2.24) is 10.3 Å². The summed E-state index contributed by atoms with van der Waals surface area (Å²) in [5, 5.41) is 3.43. The molecule has 3 aromatic rings. The topological polar surface area (TPSA) is 42.0 Å². The number of amides is 1. The number of aryl methyl sites for hydroxylation is 2. The lowest BCUT2D eigenvalue weighted by atomic mass is 10.1. The first-order chi connectivity index (χ1) is 12.0. The molecule has 3 rings (SSSR count). The monoisotopic (exact) mass is 358 g/mol. The molecule has 1 heterocycles. The highest BCUT2D eigenvalue weighted by molar-refractivity contribution is 7.15. The molecule has 3 nitrogen and oxygen atoms in total. The number of nitrogens with zero attached hydrogens (tertiary/aromatic N) is 1. The van der Waals surface area contributed by atoms with Crippen molar-refractivity contribution in [3.63, 3.8) is 0 Å². The predicted octanol–water partition coefficient (Wildman–Crippen LogP) is 4.64. The molecule has 0 fully saturated rings. The third-order valence-electron chi connectivity index (χ3n) is 3.87. The van der Waals surface area contributed by atoms with Crippen molar-refractivity contribution in [2.75, 3.05) is 0 Å². The Balaban J connectivity index is 1.78. The number of carbonyl (C=O) groups excluding carboxylic acids is 1. The quantitative estimate of drug-likeness (QED) is 0.738. The van der Waals surface area contributed by atoms with E-state index in [2.05, 4.69) is 10.3 Å². The highest BCUT2D eigenvalue weighted by atomic mass is 32.1. The molecule has 1 aromatic heterocycles. The van der Waals surface area contributed by atoms with E-state index in [1.807, 2.05) is 38.1 Å². The third kappa shape index (κ3) is 3.58. The molecule has 0 bridgehead atoms. The van der Waals surface area contributed by atoms with E-state index in [1.165, 1.54) is 17.4 Å². The molecule has 128 valence electrons. The summed E-state index contributed by atoms with van der Waals surface area (Å²) in [5.41, 5.74) is 2.37. The van der Waals surface area contributed by atoms with Crippen LogP contribution in [0.1, 0.15) is 26.5 Å². The zero-order chi connectivity index (χ0) is 18.0. The van der Waals surface area contributed by atoms with Crippen molar-refractivity contribution in [3.05, 3.63) is 75.8 Å². The van der Waals surface area contributed by atoms with E-state index in [0.29, 0.717) is 0 Å². The summed E-state index contributed by atoms with van der Waals surface area (Å²) >= 11 is 1.46. The minimum atomic E-state index is -0.876. The molecule has 1 N–H and O–H groups in total. The number of thiazole rings is 1. The average Bonchev–Trinajstić information content (AvgIpc) is 2.94. The van der Waals surface area contributed by atoms with E-state index in [4.69, 9.17) is 0 Å². The molecule has 0 saturated heterocycles. The zero-order valence-corrected chi connectivity index (χ0v) is 14.6. The normalized spacial score (nSPS) is 10.7. The molecule has 0 atom stereocenters. The van der Waals surface area contributed by atoms with Gasteiger partial charge in [0.1, 0.15) is 22.2 Å².